The zero-order chi connectivity index (χ0) is 9.90. The summed E-state index contributed by atoms with van der Waals surface area (Å²) in [4.78, 5) is 0. The van der Waals surface area contributed by atoms with Crippen LogP contribution in [0.15, 0.2) is 0 Å². The highest BCUT2D eigenvalue weighted by Gasteiger charge is 2.30. The first-order valence-electron chi connectivity index (χ1n) is 4.37. The van der Waals surface area contributed by atoms with Crippen LogP contribution in [0.2, 0.25) is 0 Å². The van der Waals surface area contributed by atoms with Crippen LogP contribution in [0.4, 0.5) is 0 Å². The summed E-state index contributed by atoms with van der Waals surface area (Å²) in [6.07, 6.45) is 2.33. The third-order valence-corrected chi connectivity index (χ3v) is 4.18. The third-order valence-electron chi connectivity index (χ3n) is 2.16. The van der Waals surface area contributed by atoms with E-state index in [2.05, 4.69) is 0 Å². The second kappa shape index (κ2) is 4.07. The van der Waals surface area contributed by atoms with Crippen molar-refractivity contribution >= 4 is 10.0 Å². The van der Waals surface area contributed by atoms with E-state index in [1.54, 1.807) is 0 Å². The fourth-order valence-electron chi connectivity index (χ4n) is 1.06. The summed E-state index contributed by atoms with van der Waals surface area (Å²) in [6, 6.07) is 1.93. The summed E-state index contributed by atoms with van der Waals surface area (Å²) in [5, 5.41) is 8.30. The Morgan fingerprint density at radius 3 is 2.62 bits per heavy atom. The minimum absolute atomic E-state index is 0.259. The zero-order valence-corrected chi connectivity index (χ0v) is 8.55. The van der Waals surface area contributed by atoms with Gasteiger partial charge in [-0.1, -0.05) is 0 Å². The molecule has 4 nitrogen and oxygen atoms in total. The Hall–Kier alpha value is -0.600. The molecule has 1 fully saturated rings. The highest BCUT2D eigenvalue weighted by Crippen LogP contribution is 2.30. The summed E-state index contributed by atoms with van der Waals surface area (Å²) in [5.41, 5.74) is 0. The summed E-state index contributed by atoms with van der Waals surface area (Å²) in [7, 11) is -1.55. The molecule has 0 heterocycles. The molecule has 0 radical (unpaired) electrons. The molecule has 0 aromatic carbocycles. The fraction of sp³-hybridized carbons (Fsp3) is 0.875. The lowest BCUT2D eigenvalue weighted by Crippen LogP contribution is -2.30. The Balaban J connectivity index is 2.42. The van der Waals surface area contributed by atoms with Crippen molar-refractivity contribution in [1.82, 2.24) is 4.31 Å². The van der Waals surface area contributed by atoms with Gasteiger partial charge in [-0.05, 0) is 18.8 Å². The summed E-state index contributed by atoms with van der Waals surface area (Å²) >= 11 is 0. The van der Waals surface area contributed by atoms with Crippen LogP contribution < -0.4 is 0 Å². The van der Waals surface area contributed by atoms with E-state index in [9.17, 15) is 8.42 Å². The third kappa shape index (κ3) is 3.33. The average molecular weight is 202 g/mol. The monoisotopic (exact) mass is 202 g/mol. The van der Waals surface area contributed by atoms with Crippen LogP contribution >= 0.6 is 0 Å². The van der Waals surface area contributed by atoms with Crippen LogP contribution in [0.5, 0.6) is 0 Å². The van der Waals surface area contributed by atoms with Crippen molar-refractivity contribution in [2.75, 3.05) is 19.3 Å². The van der Waals surface area contributed by atoms with Crippen molar-refractivity contribution in [3.05, 3.63) is 0 Å². The maximum absolute atomic E-state index is 11.5. The molecular formula is C8H14N2O2S. The Labute approximate surface area is 79.2 Å². The van der Waals surface area contributed by atoms with Crippen molar-refractivity contribution in [3.8, 4) is 6.07 Å². The van der Waals surface area contributed by atoms with Gasteiger partial charge in [0.1, 0.15) is 0 Å². The van der Waals surface area contributed by atoms with Gasteiger partial charge in [-0.25, -0.2) is 12.7 Å². The average Bonchev–Trinajstić information content (AvgIpc) is 2.83. The predicted octanol–water partition coefficient (Wildman–Crippen LogP) is 0.572. The maximum Gasteiger partial charge on any atom is 0.214 e. The van der Waals surface area contributed by atoms with Gasteiger partial charge in [0.2, 0.25) is 10.0 Å². The highest BCUT2D eigenvalue weighted by atomic mass is 32.2. The zero-order valence-electron chi connectivity index (χ0n) is 7.73. The molecule has 0 aromatic rings. The van der Waals surface area contributed by atoms with E-state index in [-0.39, 0.29) is 12.2 Å². The van der Waals surface area contributed by atoms with Crippen LogP contribution in [0.3, 0.4) is 0 Å². The van der Waals surface area contributed by atoms with Gasteiger partial charge in [0.25, 0.3) is 0 Å². The molecule has 13 heavy (non-hydrogen) atoms. The van der Waals surface area contributed by atoms with Gasteiger partial charge in [-0.15, -0.1) is 0 Å². The molecule has 0 spiro atoms. The molecular weight excluding hydrogens is 188 g/mol. The van der Waals surface area contributed by atoms with Gasteiger partial charge in [0, 0.05) is 20.0 Å². The Morgan fingerprint density at radius 1 is 1.54 bits per heavy atom. The van der Waals surface area contributed by atoms with Crippen LogP contribution in [-0.2, 0) is 10.0 Å². The van der Waals surface area contributed by atoms with Crippen molar-refractivity contribution in [2.45, 2.75) is 19.3 Å². The Morgan fingerprint density at radius 2 is 2.15 bits per heavy atom. The largest absolute Gasteiger partial charge is 0.214 e. The normalized spacial score (nSPS) is 17.3. The lowest BCUT2D eigenvalue weighted by Gasteiger charge is -2.14. The van der Waals surface area contributed by atoms with Gasteiger partial charge in [0.15, 0.2) is 0 Å². The first-order valence-corrected chi connectivity index (χ1v) is 5.98. The predicted molar refractivity (Wildman–Crippen MR) is 49.4 cm³/mol. The van der Waals surface area contributed by atoms with Gasteiger partial charge >= 0.3 is 0 Å². The topological polar surface area (TPSA) is 61.2 Å². The first kappa shape index (κ1) is 10.5. The lowest BCUT2D eigenvalue weighted by molar-refractivity contribution is 0.474. The first-order chi connectivity index (χ1) is 6.06. The van der Waals surface area contributed by atoms with E-state index in [4.69, 9.17) is 5.26 Å². The van der Waals surface area contributed by atoms with Crippen molar-refractivity contribution < 1.29 is 8.42 Å². The molecule has 0 aromatic heterocycles. The highest BCUT2D eigenvalue weighted by molar-refractivity contribution is 7.89. The summed E-state index contributed by atoms with van der Waals surface area (Å²) in [5.74, 6) is 0.629. The molecule has 0 bridgehead atoms. The van der Waals surface area contributed by atoms with Crippen LogP contribution in [0.25, 0.3) is 0 Å². The summed E-state index contributed by atoms with van der Waals surface area (Å²) in [6.45, 7) is 0.311. The number of sulfonamides is 1. The molecule has 0 atom stereocenters. The number of hydrogen-bond donors (Lipinski definition) is 0. The minimum atomic E-state index is -3.09. The molecule has 0 N–H and O–H groups in total. The standard InChI is InChI=1S/C8H14N2O2S/c1-10(6-2-5-9)13(11,12)7-8-3-4-8/h8H,2-4,6-7H2,1H3. The fourth-order valence-corrected chi connectivity index (χ4v) is 2.61. The Bertz CT molecular complexity index is 301. The van der Waals surface area contributed by atoms with E-state index in [1.165, 1.54) is 11.4 Å². The minimum Gasteiger partial charge on any atom is -0.212 e. The SMILES string of the molecule is CN(CCC#N)S(=O)(=O)CC1CC1. The Kier molecular flexibility index (Phi) is 3.28. The van der Waals surface area contributed by atoms with E-state index < -0.39 is 10.0 Å². The van der Waals surface area contributed by atoms with Gasteiger partial charge in [-0.3, -0.25) is 0 Å². The van der Waals surface area contributed by atoms with Gasteiger partial charge in [0.05, 0.1) is 11.8 Å². The second-order valence-electron chi connectivity index (χ2n) is 3.45. The maximum atomic E-state index is 11.5. The lowest BCUT2D eigenvalue weighted by atomic mass is 10.5. The van der Waals surface area contributed by atoms with Crippen LogP contribution in [-0.4, -0.2) is 32.1 Å². The molecule has 1 aliphatic rings. The second-order valence-corrected chi connectivity index (χ2v) is 5.57. The molecule has 5 heteroatoms. The van der Waals surface area contributed by atoms with E-state index in [0.29, 0.717) is 12.5 Å². The van der Waals surface area contributed by atoms with E-state index in [0.717, 1.165) is 12.8 Å². The molecule has 1 rings (SSSR count). The molecule has 0 amide bonds. The summed E-state index contributed by atoms with van der Waals surface area (Å²) < 4.78 is 24.3. The molecule has 0 saturated heterocycles. The quantitative estimate of drug-likeness (QED) is 0.655. The van der Waals surface area contributed by atoms with Gasteiger partial charge in [-0.2, -0.15) is 5.26 Å². The van der Waals surface area contributed by atoms with E-state index >= 15 is 0 Å². The molecule has 1 aliphatic carbocycles. The van der Waals surface area contributed by atoms with Crippen molar-refractivity contribution in [2.24, 2.45) is 5.92 Å². The molecule has 74 valence electrons. The van der Waals surface area contributed by atoms with Crippen molar-refractivity contribution in [1.29, 1.82) is 5.26 Å². The molecule has 1 saturated carbocycles. The van der Waals surface area contributed by atoms with Crippen molar-refractivity contribution in [3.63, 3.8) is 0 Å². The smallest absolute Gasteiger partial charge is 0.212 e. The number of nitriles is 1. The number of nitrogens with zero attached hydrogens (tertiary/aromatic N) is 2. The molecule has 0 unspecified atom stereocenters. The van der Waals surface area contributed by atoms with Crippen LogP contribution in [0, 0.1) is 17.2 Å². The van der Waals surface area contributed by atoms with Crippen LogP contribution in [0.1, 0.15) is 19.3 Å². The number of rotatable bonds is 5. The van der Waals surface area contributed by atoms with E-state index in [1.807, 2.05) is 6.07 Å². The number of hydrogen-bond acceptors (Lipinski definition) is 3. The molecule has 0 aliphatic heterocycles. The van der Waals surface area contributed by atoms with Gasteiger partial charge < -0.3 is 0 Å².